The van der Waals surface area contributed by atoms with Gasteiger partial charge in [-0.15, -0.1) is 11.8 Å². The number of hydrogen-bond acceptors (Lipinski definition) is 3. The van der Waals surface area contributed by atoms with Crippen molar-refractivity contribution >= 4 is 17.5 Å². The third kappa shape index (κ3) is 1.18. The smallest absolute Gasteiger partial charge is 0.201 e. The second-order valence-electron chi connectivity index (χ2n) is 3.14. The minimum atomic E-state index is -1.79. The summed E-state index contributed by atoms with van der Waals surface area (Å²) in [5.74, 6) is -0.600. The van der Waals surface area contributed by atoms with Gasteiger partial charge in [-0.05, 0) is 17.9 Å². The maximum absolute atomic E-state index is 13.2. The SMILES string of the molecule is CSc1cccc2c1C(=O)C(F)C2O. The van der Waals surface area contributed by atoms with Crippen LogP contribution >= 0.6 is 11.8 Å². The van der Waals surface area contributed by atoms with E-state index in [1.54, 1.807) is 18.2 Å². The number of fused-ring (bicyclic) bond motifs is 1. The Morgan fingerprint density at radius 1 is 1.50 bits per heavy atom. The van der Waals surface area contributed by atoms with Gasteiger partial charge < -0.3 is 5.11 Å². The molecule has 2 nitrogen and oxygen atoms in total. The van der Waals surface area contributed by atoms with Crippen LogP contribution in [-0.2, 0) is 0 Å². The largest absolute Gasteiger partial charge is 0.385 e. The van der Waals surface area contributed by atoms with Crippen molar-refractivity contribution in [1.82, 2.24) is 0 Å². The molecule has 0 fully saturated rings. The molecule has 0 aromatic heterocycles. The molecule has 0 radical (unpaired) electrons. The van der Waals surface area contributed by atoms with E-state index in [2.05, 4.69) is 0 Å². The molecule has 1 aliphatic rings. The van der Waals surface area contributed by atoms with E-state index in [1.807, 2.05) is 6.26 Å². The first-order valence-electron chi connectivity index (χ1n) is 4.20. The Labute approximate surface area is 85.1 Å². The highest BCUT2D eigenvalue weighted by molar-refractivity contribution is 7.98. The number of halogens is 1. The quantitative estimate of drug-likeness (QED) is 0.723. The first kappa shape index (κ1) is 9.68. The highest BCUT2D eigenvalue weighted by Crippen LogP contribution is 2.37. The van der Waals surface area contributed by atoms with Crippen LogP contribution in [0.1, 0.15) is 22.0 Å². The van der Waals surface area contributed by atoms with Gasteiger partial charge in [0.1, 0.15) is 6.10 Å². The third-order valence-electron chi connectivity index (χ3n) is 2.37. The molecular weight excluding hydrogens is 203 g/mol. The van der Waals surface area contributed by atoms with Crippen LogP contribution in [0.15, 0.2) is 23.1 Å². The molecule has 4 heteroatoms. The second-order valence-corrected chi connectivity index (χ2v) is 3.98. The van der Waals surface area contributed by atoms with Gasteiger partial charge in [-0.2, -0.15) is 0 Å². The molecule has 74 valence electrons. The van der Waals surface area contributed by atoms with Crippen molar-refractivity contribution in [3.8, 4) is 0 Å². The topological polar surface area (TPSA) is 37.3 Å². The normalized spacial score (nSPS) is 25.2. The summed E-state index contributed by atoms with van der Waals surface area (Å²) < 4.78 is 13.2. The first-order valence-corrected chi connectivity index (χ1v) is 5.42. The number of Topliss-reactive ketones (excluding diaryl/α,β-unsaturated/α-hetero) is 1. The molecule has 14 heavy (non-hydrogen) atoms. The Hall–Kier alpha value is -0.870. The fraction of sp³-hybridized carbons (Fsp3) is 0.300. The molecule has 0 spiro atoms. The molecule has 1 aromatic carbocycles. The van der Waals surface area contributed by atoms with Crippen molar-refractivity contribution < 1.29 is 14.3 Å². The molecule has 2 atom stereocenters. The Bertz CT molecular complexity index is 392. The summed E-state index contributed by atoms with van der Waals surface area (Å²) in [5, 5.41) is 9.44. The second kappa shape index (κ2) is 3.37. The lowest BCUT2D eigenvalue weighted by Gasteiger charge is -2.04. The molecule has 0 bridgehead atoms. The highest BCUT2D eigenvalue weighted by Gasteiger charge is 2.40. The lowest BCUT2D eigenvalue weighted by molar-refractivity contribution is 0.0637. The summed E-state index contributed by atoms with van der Waals surface area (Å²) in [4.78, 5) is 12.2. The molecule has 0 saturated carbocycles. The molecule has 2 rings (SSSR count). The lowest BCUT2D eigenvalue weighted by Crippen LogP contribution is -2.13. The molecular formula is C10H9FO2S. The third-order valence-corrected chi connectivity index (χ3v) is 3.15. The van der Waals surface area contributed by atoms with Crippen molar-refractivity contribution in [3.05, 3.63) is 29.3 Å². The van der Waals surface area contributed by atoms with E-state index in [9.17, 15) is 14.3 Å². The number of benzene rings is 1. The number of aliphatic hydroxyl groups excluding tert-OH is 1. The van der Waals surface area contributed by atoms with Crippen LogP contribution in [-0.4, -0.2) is 23.3 Å². The Morgan fingerprint density at radius 2 is 2.21 bits per heavy atom. The van der Waals surface area contributed by atoms with Gasteiger partial charge >= 0.3 is 0 Å². The van der Waals surface area contributed by atoms with Crippen molar-refractivity contribution in [3.63, 3.8) is 0 Å². The fourth-order valence-electron chi connectivity index (χ4n) is 1.67. The van der Waals surface area contributed by atoms with Crippen LogP contribution in [0, 0.1) is 0 Å². The van der Waals surface area contributed by atoms with Crippen LogP contribution in [0.25, 0.3) is 0 Å². The van der Waals surface area contributed by atoms with Gasteiger partial charge in [0, 0.05) is 10.5 Å². The highest BCUT2D eigenvalue weighted by atomic mass is 32.2. The van der Waals surface area contributed by atoms with Gasteiger partial charge in [0.15, 0.2) is 6.17 Å². The molecule has 0 aliphatic heterocycles. The zero-order chi connectivity index (χ0) is 10.3. The number of alkyl halides is 1. The first-order chi connectivity index (χ1) is 6.66. The number of thioether (sulfide) groups is 1. The average molecular weight is 212 g/mol. The molecule has 1 aromatic rings. The fourth-order valence-corrected chi connectivity index (χ4v) is 2.30. The molecule has 0 amide bonds. The van der Waals surface area contributed by atoms with E-state index in [4.69, 9.17) is 0 Å². The van der Waals surface area contributed by atoms with E-state index in [0.29, 0.717) is 11.1 Å². The van der Waals surface area contributed by atoms with E-state index < -0.39 is 18.1 Å². The maximum atomic E-state index is 13.2. The summed E-state index contributed by atoms with van der Waals surface area (Å²) in [6, 6.07) is 5.07. The van der Waals surface area contributed by atoms with Gasteiger partial charge in [-0.1, -0.05) is 12.1 Å². The van der Waals surface area contributed by atoms with Gasteiger partial charge in [-0.25, -0.2) is 4.39 Å². The number of carbonyl (C=O) groups is 1. The molecule has 1 aliphatic carbocycles. The zero-order valence-corrected chi connectivity index (χ0v) is 8.34. The van der Waals surface area contributed by atoms with Crippen LogP contribution in [0.3, 0.4) is 0 Å². The van der Waals surface area contributed by atoms with E-state index in [-0.39, 0.29) is 0 Å². The van der Waals surface area contributed by atoms with Crippen LogP contribution < -0.4 is 0 Å². The van der Waals surface area contributed by atoms with E-state index >= 15 is 0 Å². The molecule has 0 saturated heterocycles. The minimum absolute atomic E-state index is 0.347. The molecule has 2 unspecified atom stereocenters. The van der Waals surface area contributed by atoms with Crippen LogP contribution in [0.4, 0.5) is 4.39 Å². The number of ketones is 1. The Morgan fingerprint density at radius 3 is 2.86 bits per heavy atom. The van der Waals surface area contributed by atoms with Gasteiger partial charge in [0.25, 0.3) is 0 Å². The predicted octanol–water partition coefficient (Wildman–Crippen LogP) is 1.98. The molecule has 1 N–H and O–H groups in total. The monoisotopic (exact) mass is 212 g/mol. The van der Waals surface area contributed by atoms with E-state index in [0.717, 1.165) is 4.90 Å². The maximum Gasteiger partial charge on any atom is 0.201 e. The standard InChI is InChI=1S/C10H9FO2S/c1-14-6-4-2-3-5-7(6)10(13)8(11)9(5)12/h2-4,8-9,12H,1H3. The zero-order valence-electron chi connectivity index (χ0n) is 7.53. The Balaban J connectivity index is 2.63. The number of rotatable bonds is 1. The summed E-state index contributed by atoms with van der Waals surface area (Å²) in [6.07, 6.45) is -1.26. The van der Waals surface area contributed by atoms with Gasteiger partial charge in [0.05, 0.1) is 0 Å². The summed E-state index contributed by atoms with van der Waals surface area (Å²) in [5.41, 5.74) is 0.759. The lowest BCUT2D eigenvalue weighted by atomic mass is 10.1. The Kier molecular flexibility index (Phi) is 2.33. The van der Waals surface area contributed by atoms with Gasteiger partial charge in [-0.3, -0.25) is 4.79 Å². The van der Waals surface area contributed by atoms with Crippen molar-refractivity contribution in [2.24, 2.45) is 0 Å². The number of aliphatic hydroxyl groups is 1. The van der Waals surface area contributed by atoms with Crippen molar-refractivity contribution in [1.29, 1.82) is 0 Å². The van der Waals surface area contributed by atoms with Crippen LogP contribution in [0.2, 0.25) is 0 Å². The predicted molar refractivity (Wildman–Crippen MR) is 52.4 cm³/mol. The molecule has 0 heterocycles. The summed E-state index contributed by atoms with van der Waals surface area (Å²) >= 11 is 1.38. The van der Waals surface area contributed by atoms with Gasteiger partial charge in [0.2, 0.25) is 5.78 Å². The average Bonchev–Trinajstić information content (AvgIpc) is 2.44. The summed E-state index contributed by atoms with van der Waals surface area (Å²) in [7, 11) is 0. The van der Waals surface area contributed by atoms with Crippen molar-refractivity contribution in [2.45, 2.75) is 17.2 Å². The summed E-state index contributed by atoms with van der Waals surface area (Å²) in [6.45, 7) is 0. The minimum Gasteiger partial charge on any atom is -0.385 e. The van der Waals surface area contributed by atoms with Crippen molar-refractivity contribution in [2.75, 3.05) is 6.26 Å². The van der Waals surface area contributed by atoms with E-state index in [1.165, 1.54) is 11.8 Å². The number of hydrogen-bond donors (Lipinski definition) is 1. The van der Waals surface area contributed by atoms with Crippen LogP contribution in [0.5, 0.6) is 0 Å². The number of carbonyl (C=O) groups excluding carboxylic acids is 1.